The van der Waals surface area contributed by atoms with Crippen LogP contribution in [0.25, 0.3) is 11.3 Å². The molecule has 1 aromatic heterocycles. The summed E-state index contributed by atoms with van der Waals surface area (Å²) in [5, 5.41) is 10.5. The Hall–Kier alpha value is -2.61. The van der Waals surface area contributed by atoms with Crippen molar-refractivity contribution in [3.63, 3.8) is 0 Å². The molecule has 0 aliphatic carbocycles. The maximum atomic E-state index is 13.8. The van der Waals surface area contributed by atoms with Gasteiger partial charge in [-0.1, -0.05) is 5.16 Å². The van der Waals surface area contributed by atoms with Crippen molar-refractivity contribution < 1.29 is 18.4 Å². The predicted octanol–water partition coefficient (Wildman–Crippen LogP) is 2.43. The number of benzene rings is 1. The van der Waals surface area contributed by atoms with Gasteiger partial charge < -0.3 is 24.8 Å². The Morgan fingerprint density at radius 2 is 2.22 bits per heavy atom. The second-order valence-electron chi connectivity index (χ2n) is 7.00. The van der Waals surface area contributed by atoms with Gasteiger partial charge in [0.1, 0.15) is 5.56 Å². The Bertz CT molecular complexity index is 821. The molecule has 0 unspecified atom stereocenters. The largest absolute Gasteiger partial charge is 0.494 e. The number of anilines is 1. The van der Waals surface area contributed by atoms with Gasteiger partial charge in [-0.2, -0.15) is 0 Å². The number of piperidine rings is 1. The molecule has 1 aromatic carbocycles. The summed E-state index contributed by atoms with van der Waals surface area (Å²) in [6.07, 6.45) is 1.71. The number of amides is 1. The van der Waals surface area contributed by atoms with Gasteiger partial charge in [0.25, 0.3) is 5.91 Å². The number of halogens is 1. The first-order valence-electron chi connectivity index (χ1n) is 8.95. The van der Waals surface area contributed by atoms with Crippen LogP contribution in [0.4, 0.5) is 10.2 Å². The first-order chi connectivity index (χ1) is 12.9. The minimum absolute atomic E-state index is 0.0776. The van der Waals surface area contributed by atoms with Crippen LogP contribution >= 0.6 is 0 Å². The lowest BCUT2D eigenvalue weighted by atomic mass is 9.99. The number of carbonyl (C=O) groups excluding carboxylic acids is 1. The zero-order valence-corrected chi connectivity index (χ0v) is 16.0. The van der Waals surface area contributed by atoms with Crippen LogP contribution in [-0.4, -0.2) is 50.9 Å². The van der Waals surface area contributed by atoms with E-state index in [0.717, 1.165) is 19.4 Å². The molecule has 0 spiro atoms. The third-order valence-corrected chi connectivity index (χ3v) is 4.70. The lowest BCUT2D eigenvalue weighted by molar-refractivity contribution is 0.0926. The second kappa shape index (κ2) is 7.96. The van der Waals surface area contributed by atoms with Crippen molar-refractivity contribution in [1.29, 1.82) is 0 Å². The molecule has 1 fully saturated rings. The molecule has 0 bridgehead atoms. The number of methoxy groups -OCH3 is 1. The molecule has 2 aromatic rings. The summed E-state index contributed by atoms with van der Waals surface area (Å²) < 4.78 is 24.3. The fourth-order valence-electron chi connectivity index (χ4n) is 3.31. The van der Waals surface area contributed by atoms with Crippen molar-refractivity contribution in [3.05, 3.63) is 29.6 Å². The van der Waals surface area contributed by atoms with E-state index in [9.17, 15) is 9.18 Å². The number of ether oxygens (including phenoxy) is 1. The van der Waals surface area contributed by atoms with E-state index in [1.165, 1.54) is 19.2 Å². The number of carbonyl (C=O) groups is 1. The summed E-state index contributed by atoms with van der Waals surface area (Å²) in [4.78, 5) is 14.8. The van der Waals surface area contributed by atoms with Crippen molar-refractivity contribution in [3.8, 4) is 17.1 Å². The number of rotatable bonds is 5. The molecule has 1 aliphatic heterocycles. The van der Waals surface area contributed by atoms with Crippen molar-refractivity contribution in [2.45, 2.75) is 31.8 Å². The van der Waals surface area contributed by atoms with Gasteiger partial charge in [-0.05, 0) is 44.5 Å². The highest BCUT2D eigenvalue weighted by atomic mass is 19.1. The fraction of sp³-hybridized carbons (Fsp3) is 0.474. The monoisotopic (exact) mass is 376 g/mol. The average molecular weight is 376 g/mol. The Balaban J connectivity index is 1.95. The number of nitrogens with zero attached hydrogens (tertiary/aromatic N) is 2. The van der Waals surface area contributed by atoms with Crippen LogP contribution in [0.1, 0.15) is 30.1 Å². The Labute approximate surface area is 157 Å². The highest BCUT2D eigenvalue weighted by molar-refractivity contribution is 6.04. The zero-order chi connectivity index (χ0) is 19.6. The molecule has 0 radical (unpaired) electrons. The summed E-state index contributed by atoms with van der Waals surface area (Å²) in [5.41, 5.74) is 0.859. The van der Waals surface area contributed by atoms with E-state index in [0.29, 0.717) is 23.0 Å². The first-order valence-corrected chi connectivity index (χ1v) is 8.95. The highest BCUT2D eigenvalue weighted by Gasteiger charge is 2.28. The molecule has 2 N–H and O–H groups in total. The van der Waals surface area contributed by atoms with E-state index in [1.54, 1.807) is 25.1 Å². The molecular weight excluding hydrogens is 351 g/mol. The molecular formula is C19H25FN4O3. The maximum Gasteiger partial charge on any atom is 0.259 e. The van der Waals surface area contributed by atoms with Crippen molar-refractivity contribution >= 4 is 11.7 Å². The predicted molar refractivity (Wildman–Crippen MR) is 101 cm³/mol. The van der Waals surface area contributed by atoms with Crippen LogP contribution in [-0.2, 0) is 0 Å². The zero-order valence-electron chi connectivity index (χ0n) is 16.0. The number of hydrogen-bond donors (Lipinski definition) is 2. The Morgan fingerprint density at radius 3 is 2.89 bits per heavy atom. The van der Waals surface area contributed by atoms with E-state index >= 15 is 0 Å². The van der Waals surface area contributed by atoms with E-state index in [4.69, 9.17) is 9.26 Å². The topological polar surface area (TPSA) is 79.6 Å². The quantitative estimate of drug-likeness (QED) is 0.834. The molecule has 0 saturated carbocycles. The normalized spacial score (nSPS) is 19.6. The van der Waals surface area contributed by atoms with Gasteiger partial charge in [0.15, 0.2) is 23.1 Å². The second-order valence-corrected chi connectivity index (χ2v) is 7.00. The van der Waals surface area contributed by atoms with Crippen LogP contribution < -0.4 is 20.3 Å². The van der Waals surface area contributed by atoms with Gasteiger partial charge in [0, 0.05) is 31.7 Å². The molecule has 146 valence electrons. The van der Waals surface area contributed by atoms with Crippen LogP contribution in [0.3, 0.4) is 0 Å². The van der Waals surface area contributed by atoms with Gasteiger partial charge in [0.05, 0.1) is 7.11 Å². The van der Waals surface area contributed by atoms with Crippen molar-refractivity contribution in [2.24, 2.45) is 0 Å². The molecule has 1 saturated heterocycles. The first kappa shape index (κ1) is 19.2. The molecule has 8 heteroatoms. The summed E-state index contributed by atoms with van der Waals surface area (Å²) >= 11 is 0. The van der Waals surface area contributed by atoms with E-state index in [2.05, 4.69) is 22.7 Å². The average Bonchev–Trinajstić information content (AvgIpc) is 3.07. The Morgan fingerprint density at radius 1 is 1.44 bits per heavy atom. The van der Waals surface area contributed by atoms with E-state index in [-0.39, 0.29) is 23.5 Å². The lowest BCUT2D eigenvalue weighted by Crippen LogP contribution is -2.46. The SMILES string of the molecule is COc1cc(-c2onc(N(C)C)c2C(=O)N[C@H]2CCN[C@H](C)C2)ccc1F. The van der Waals surface area contributed by atoms with Crippen molar-refractivity contribution in [2.75, 3.05) is 32.6 Å². The van der Waals surface area contributed by atoms with Gasteiger partial charge in [-0.3, -0.25) is 4.79 Å². The number of aromatic nitrogens is 1. The van der Waals surface area contributed by atoms with Crippen molar-refractivity contribution in [1.82, 2.24) is 15.8 Å². The highest BCUT2D eigenvalue weighted by Crippen LogP contribution is 2.33. The molecule has 27 heavy (non-hydrogen) atoms. The van der Waals surface area contributed by atoms with E-state index in [1.807, 2.05) is 0 Å². The molecule has 7 nitrogen and oxygen atoms in total. The molecule has 2 atom stereocenters. The van der Waals surface area contributed by atoms with E-state index < -0.39 is 5.82 Å². The molecule has 1 aliphatic rings. The Kier molecular flexibility index (Phi) is 5.65. The van der Waals surface area contributed by atoms with Gasteiger partial charge in [-0.25, -0.2) is 4.39 Å². The van der Waals surface area contributed by atoms with Gasteiger partial charge in [0.2, 0.25) is 0 Å². The van der Waals surface area contributed by atoms with Crippen LogP contribution in [0, 0.1) is 5.82 Å². The van der Waals surface area contributed by atoms with Gasteiger partial charge in [-0.15, -0.1) is 0 Å². The minimum atomic E-state index is -0.483. The standard InChI is InChI=1S/C19H25FN4O3/c1-11-9-13(7-8-21-11)22-19(25)16-17(27-23-18(16)24(2)3)12-5-6-14(20)15(10-12)26-4/h5-6,10-11,13,21H,7-9H2,1-4H3,(H,22,25)/t11-,13+/m1/s1. The smallest absolute Gasteiger partial charge is 0.259 e. The summed E-state index contributed by atoms with van der Waals surface area (Å²) in [6.45, 7) is 2.96. The van der Waals surface area contributed by atoms with Crippen LogP contribution in [0.2, 0.25) is 0 Å². The minimum Gasteiger partial charge on any atom is -0.494 e. The van der Waals surface area contributed by atoms with Crippen LogP contribution in [0.5, 0.6) is 5.75 Å². The summed E-state index contributed by atoms with van der Waals surface area (Å²) in [7, 11) is 4.96. The number of nitrogens with one attached hydrogen (secondary N) is 2. The molecule has 2 heterocycles. The molecule has 1 amide bonds. The summed E-state index contributed by atoms with van der Waals surface area (Å²) in [6, 6.07) is 4.75. The van der Waals surface area contributed by atoms with Gasteiger partial charge >= 0.3 is 0 Å². The summed E-state index contributed by atoms with van der Waals surface area (Å²) in [5.74, 6) is 0.0544. The fourth-order valence-corrected chi connectivity index (χ4v) is 3.31. The van der Waals surface area contributed by atoms with Crippen LogP contribution in [0.15, 0.2) is 22.7 Å². The third kappa shape index (κ3) is 4.05. The lowest BCUT2D eigenvalue weighted by Gasteiger charge is -2.28. The maximum absolute atomic E-state index is 13.8. The number of hydrogen-bond acceptors (Lipinski definition) is 6. The third-order valence-electron chi connectivity index (χ3n) is 4.70. The molecule has 3 rings (SSSR count).